The summed E-state index contributed by atoms with van der Waals surface area (Å²) >= 11 is 1.30. The summed E-state index contributed by atoms with van der Waals surface area (Å²) < 4.78 is 5.08. The first-order chi connectivity index (χ1) is 12.5. The number of methoxy groups -OCH3 is 1. The van der Waals surface area contributed by atoms with Gasteiger partial charge >= 0.3 is 0 Å². The highest BCUT2D eigenvalue weighted by molar-refractivity contribution is 7.12. The van der Waals surface area contributed by atoms with E-state index in [9.17, 15) is 14.7 Å². The fraction of sp³-hybridized carbons (Fsp3) is 0.300. The number of aliphatic hydroxyl groups excluding tert-OH is 1. The van der Waals surface area contributed by atoms with Gasteiger partial charge in [-0.25, -0.2) is 0 Å². The number of aryl methyl sites for hydroxylation is 1. The number of carbonyl (C=O) groups is 2. The van der Waals surface area contributed by atoms with Crippen LogP contribution in [0, 0.1) is 6.92 Å². The molecule has 1 aromatic heterocycles. The fourth-order valence-electron chi connectivity index (χ4n) is 3.22. The molecule has 2 heterocycles. The molecule has 1 aromatic carbocycles. The molecule has 3 rings (SSSR count). The molecule has 0 radical (unpaired) electrons. The molecule has 1 atom stereocenters. The van der Waals surface area contributed by atoms with Crippen LogP contribution in [-0.4, -0.2) is 42.0 Å². The molecular weight excluding hydrogens is 350 g/mol. The fourth-order valence-corrected chi connectivity index (χ4v) is 3.90. The maximum absolute atomic E-state index is 13.0. The minimum atomic E-state index is -0.589. The number of thiophene rings is 1. The number of ketones is 1. The standard InChI is InChI=1S/C20H21NO4S/c1-13-6-3-7-14(12-13)17-16(18(22)15-8-4-11-26-15)19(23)20(24)21(17)9-5-10-25-2/h3-4,6-8,11-12,17,23H,5,9-10H2,1-2H3. The van der Waals surface area contributed by atoms with E-state index in [1.165, 1.54) is 11.3 Å². The molecule has 6 heteroatoms. The van der Waals surface area contributed by atoms with E-state index in [2.05, 4.69) is 0 Å². The topological polar surface area (TPSA) is 66.8 Å². The number of rotatable bonds is 7. The molecule has 5 nitrogen and oxygen atoms in total. The summed E-state index contributed by atoms with van der Waals surface area (Å²) in [5.41, 5.74) is 2.00. The summed E-state index contributed by atoms with van der Waals surface area (Å²) in [5.74, 6) is -1.26. The van der Waals surface area contributed by atoms with Crippen molar-refractivity contribution < 1.29 is 19.4 Å². The number of hydrogen-bond donors (Lipinski definition) is 1. The number of ether oxygens (including phenoxy) is 1. The van der Waals surface area contributed by atoms with Crippen LogP contribution in [0.15, 0.2) is 53.1 Å². The number of benzene rings is 1. The highest BCUT2D eigenvalue weighted by atomic mass is 32.1. The summed E-state index contributed by atoms with van der Waals surface area (Å²) in [5, 5.41) is 12.3. The predicted octanol–water partition coefficient (Wildman–Crippen LogP) is 3.67. The van der Waals surface area contributed by atoms with E-state index in [0.29, 0.717) is 24.4 Å². The second kappa shape index (κ2) is 7.85. The number of hydrogen-bond acceptors (Lipinski definition) is 5. The van der Waals surface area contributed by atoms with Gasteiger partial charge in [0, 0.05) is 20.3 Å². The highest BCUT2D eigenvalue weighted by Gasteiger charge is 2.43. The number of amides is 1. The van der Waals surface area contributed by atoms with Gasteiger partial charge in [-0.1, -0.05) is 35.9 Å². The highest BCUT2D eigenvalue weighted by Crippen LogP contribution is 2.39. The molecule has 1 unspecified atom stereocenters. The van der Waals surface area contributed by atoms with E-state index in [0.717, 1.165) is 11.1 Å². The van der Waals surface area contributed by atoms with Gasteiger partial charge in [0.1, 0.15) is 0 Å². The van der Waals surface area contributed by atoms with Gasteiger partial charge in [-0.2, -0.15) is 0 Å². The number of carbonyl (C=O) groups excluding carboxylic acids is 2. The second-order valence-electron chi connectivity index (χ2n) is 6.23. The maximum Gasteiger partial charge on any atom is 0.290 e. The van der Waals surface area contributed by atoms with Gasteiger partial charge in [0.2, 0.25) is 5.78 Å². The van der Waals surface area contributed by atoms with Crippen molar-refractivity contribution in [3.63, 3.8) is 0 Å². The van der Waals surface area contributed by atoms with Crippen molar-refractivity contribution in [2.24, 2.45) is 0 Å². The largest absolute Gasteiger partial charge is 0.503 e. The zero-order valence-corrected chi connectivity index (χ0v) is 15.6. The van der Waals surface area contributed by atoms with Gasteiger partial charge in [-0.3, -0.25) is 9.59 Å². The Morgan fingerprint density at radius 3 is 2.77 bits per heavy atom. The van der Waals surface area contributed by atoms with Crippen LogP contribution in [-0.2, 0) is 9.53 Å². The van der Waals surface area contributed by atoms with Crippen molar-refractivity contribution in [3.8, 4) is 0 Å². The SMILES string of the molecule is COCCCN1C(=O)C(O)=C(C(=O)c2cccs2)C1c1cccc(C)c1. The molecule has 0 bridgehead atoms. The minimum Gasteiger partial charge on any atom is -0.503 e. The third-order valence-electron chi connectivity index (χ3n) is 4.40. The first-order valence-electron chi connectivity index (χ1n) is 8.42. The zero-order valence-electron chi connectivity index (χ0n) is 14.8. The van der Waals surface area contributed by atoms with Crippen LogP contribution in [0.3, 0.4) is 0 Å². The first kappa shape index (κ1) is 18.4. The van der Waals surface area contributed by atoms with Crippen molar-refractivity contribution >= 4 is 23.0 Å². The second-order valence-corrected chi connectivity index (χ2v) is 7.18. The van der Waals surface area contributed by atoms with Crippen molar-refractivity contribution in [3.05, 3.63) is 69.1 Å². The first-order valence-corrected chi connectivity index (χ1v) is 9.30. The third-order valence-corrected chi connectivity index (χ3v) is 5.27. The number of aliphatic hydroxyl groups is 1. The van der Waals surface area contributed by atoms with Gasteiger partial charge in [0.05, 0.1) is 16.5 Å². The molecule has 26 heavy (non-hydrogen) atoms. The van der Waals surface area contributed by atoms with Crippen LogP contribution in [0.4, 0.5) is 0 Å². The van der Waals surface area contributed by atoms with Crippen molar-refractivity contribution in [2.75, 3.05) is 20.3 Å². The van der Waals surface area contributed by atoms with Gasteiger partial charge in [0.25, 0.3) is 5.91 Å². The monoisotopic (exact) mass is 371 g/mol. The molecule has 0 spiro atoms. The summed E-state index contributed by atoms with van der Waals surface area (Å²) in [6.45, 7) is 2.86. The molecular formula is C20H21NO4S. The van der Waals surface area contributed by atoms with Crippen LogP contribution in [0.2, 0.25) is 0 Å². The number of nitrogens with zero attached hydrogens (tertiary/aromatic N) is 1. The smallest absolute Gasteiger partial charge is 0.290 e. The van der Waals surface area contributed by atoms with Gasteiger partial charge < -0.3 is 14.7 Å². The summed E-state index contributed by atoms with van der Waals surface area (Å²) in [6, 6.07) is 10.6. The van der Waals surface area contributed by atoms with Crippen molar-refractivity contribution in [2.45, 2.75) is 19.4 Å². The Balaban J connectivity index is 2.04. The summed E-state index contributed by atoms with van der Waals surface area (Å²) in [7, 11) is 1.60. The average molecular weight is 371 g/mol. The minimum absolute atomic E-state index is 0.153. The van der Waals surface area contributed by atoms with Gasteiger partial charge in [0.15, 0.2) is 5.76 Å². The average Bonchev–Trinajstić information content (AvgIpc) is 3.24. The lowest BCUT2D eigenvalue weighted by Gasteiger charge is -2.27. The third kappa shape index (κ3) is 3.43. The van der Waals surface area contributed by atoms with Crippen LogP contribution in [0.1, 0.15) is 33.3 Å². The molecule has 2 aromatic rings. The lowest BCUT2D eigenvalue weighted by molar-refractivity contribution is -0.129. The lowest BCUT2D eigenvalue weighted by Crippen LogP contribution is -2.32. The zero-order chi connectivity index (χ0) is 18.7. The van der Waals surface area contributed by atoms with Crippen molar-refractivity contribution in [1.82, 2.24) is 4.90 Å². The van der Waals surface area contributed by atoms with E-state index in [4.69, 9.17) is 4.74 Å². The normalized spacial score (nSPS) is 17.2. The van der Waals surface area contributed by atoms with Crippen LogP contribution < -0.4 is 0 Å². The Bertz CT molecular complexity index is 841. The molecule has 0 saturated heterocycles. The summed E-state index contributed by atoms with van der Waals surface area (Å²) in [4.78, 5) is 27.7. The van der Waals surface area contributed by atoms with E-state index >= 15 is 0 Å². The van der Waals surface area contributed by atoms with E-state index in [-0.39, 0.29) is 11.4 Å². The quantitative estimate of drug-likeness (QED) is 0.596. The molecule has 0 aliphatic carbocycles. The Kier molecular flexibility index (Phi) is 5.54. The lowest BCUT2D eigenvalue weighted by atomic mass is 9.94. The predicted molar refractivity (Wildman–Crippen MR) is 100 cm³/mol. The van der Waals surface area contributed by atoms with E-state index in [1.807, 2.05) is 31.2 Å². The maximum atomic E-state index is 13.0. The molecule has 0 saturated carbocycles. The van der Waals surface area contributed by atoms with E-state index < -0.39 is 17.7 Å². The molecule has 1 aliphatic heterocycles. The van der Waals surface area contributed by atoms with E-state index in [1.54, 1.807) is 29.5 Å². The molecule has 1 N–H and O–H groups in total. The number of Topliss-reactive ketones (excluding diaryl/α,β-unsaturated/α-hetero) is 1. The molecule has 1 aliphatic rings. The van der Waals surface area contributed by atoms with Crippen LogP contribution in [0.5, 0.6) is 0 Å². The Morgan fingerprint density at radius 1 is 1.31 bits per heavy atom. The molecule has 0 fully saturated rings. The Labute approximate surface area is 156 Å². The summed E-state index contributed by atoms with van der Waals surface area (Å²) in [6.07, 6.45) is 0.623. The molecule has 136 valence electrons. The van der Waals surface area contributed by atoms with Gasteiger partial charge in [-0.05, 0) is 30.4 Å². The Morgan fingerprint density at radius 2 is 2.12 bits per heavy atom. The molecule has 1 amide bonds. The Hall–Kier alpha value is -2.44. The van der Waals surface area contributed by atoms with Gasteiger partial charge in [-0.15, -0.1) is 11.3 Å². The van der Waals surface area contributed by atoms with Crippen molar-refractivity contribution in [1.29, 1.82) is 0 Å². The van der Waals surface area contributed by atoms with Crippen LogP contribution in [0.25, 0.3) is 0 Å². The van der Waals surface area contributed by atoms with Crippen LogP contribution >= 0.6 is 11.3 Å².